The molecule has 0 saturated carbocycles. The van der Waals surface area contributed by atoms with Crippen LogP contribution in [0.1, 0.15) is 22.6 Å². The maximum absolute atomic E-state index is 9.32. The molecule has 0 amide bonds. The van der Waals surface area contributed by atoms with Gasteiger partial charge in [-0.05, 0) is 25.0 Å². The summed E-state index contributed by atoms with van der Waals surface area (Å²) in [5.41, 5.74) is 4.63. The number of aryl methyl sites for hydroxylation is 1. The van der Waals surface area contributed by atoms with Crippen LogP contribution in [0.4, 0.5) is 0 Å². The van der Waals surface area contributed by atoms with E-state index < -0.39 is 0 Å². The molecule has 0 aliphatic rings. The maximum atomic E-state index is 9.32. The van der Waals surface area contributed by atoms with Gasteiger partial charge in [-0.15, -0.1) is 5.10 Å². The summed E-state index contributed by atoms with van der Waals surface area (Å²) < 4.78 is 3.65. The van der Waals surface area contributed by atoms with Gasteiger partial charge in [-0.2, -0.15) is 0 Å². The number of hydrogen-bond acceptors (Lipinski definition) is 6. The third kappa shape index (κ3) is 3.15. The van der Waals surface area contributed by atoms with Crippen LogP contribution in [0.15, 0.2) is 41.8 Å². The average Bonchev–Trinajstić information content (AvgIpc) is 3.20. The van der Waals surface area contributed by atoms with E-state index in [-0.39, 0.29) is 13.2 Å². The highest BCUT2D eigenvalue weighted by Crippen LogP contribution is 2.26. The van der Waals surface area contributed by atoms with Crippen LogP contribution in [0.3, 0.4) is 0 Å². The van der Waals surface area contributed by atoms with Gasteiger partial charge in [0.25, 0.3) is 0 Å². The van der Waals surface area contributed by atoms with Gasteiger partial charge in [0.15, 0.2) is 18.1 Å². The van der Waals surface area contributed by atoms with Gasteiger partial charge in [0.1, 0.15) is 12.0 Å². The zero-order chi connectivity index (χ0) is 18.8. The van der Waals surface area contributed by atoms with Crippen LogP contribution in [0.2, 0.25) is 0 Å². The Hall–Kier alpha value is -3.26. The summed E-state index contributed by atoms with van der Waals surface area (Å²) in [6.07, 6.45) is 3.28. The number of nitrogens with zero attached hydrogens (tertiary/aromatic N) is 6. The van der Waals surface area contributed by atoms with E-state index in [2.05, 4.69) is 20.2 Å². The Morgan fingerprint density at radius 3 is 2.78 bits per heavy atom. The number of fused-ring (bicyclic) bond motifs is 3. The van der Waals surface area contributed by atoms with Gasteiger partial charge < -0.3 is 14.5 Å². The molecule has 0 atom stereocenters. The lowest BCUT2D eigenvalue weighted by Gasteiger charge is -2.04. The molecule has 0 radical (unpaired) electrons. The number of aliphatic hydroxyl groups is 1. The van der Waals surface area contributed by atoms with Crippen LogP contribution in [0.25, 0.3) is 16.7 Å². The van der Waals surface area contributed by atoms with Crippen LogP contribution < -0.4 is 0 Å². The Morgan fingerprint density at radius 2 is 2.00 bits per heavy atom. The number of aromatic nitrogens is 5. The summed E-state index contributed by atoms with van der Waals surface area (Å²) in [5, 5.41) is 18.6. The van der Waals surface area contributed by atoms with Crippen molar-refractivity contribution in [1.82, 2.24) is 24.1 Å². The second-order valence-electron chi connectivity index (χ2n) is 6.24. The minimum absolute atomic E-state index is 0.0577. The fourth-order valence-corrected chi connectivity index (χ4v) is 3.14. The standard InChI is InChI=1S/C19H20N6O2/c1-13-14(2)24(8-9-26)18-17(13)19-22-16(23-25(19)12-20-18)11-27-21-10-15-6-4-3-5-7-15/h3-7,10,12,26H,8-9,11H2,1-2H3/b21-10-. The Kier molecular flexibility index (Phi) is 4.55. The van der Waals surface area contributed by atoms with Crippen LogP contribution in [0, 0.1) is 13.8 Å². The van der Waals surface area contributed by atoms with Gasteiger partial charge in [-0.3, -0.25) is 0 Å². The second kappa shape index (κ2) is 7.16. The molecule has 1 aromatic carbocycles. The topological polar surface area (TPSA) is 89.8 Å². The average molecular weight is 364 g/mol. The maximum Gasteiger partial charge on any atom is 0.192 e. The summed E-state index contributed by atoms with van der Waals surface area (Å²) in [7, 11) is 0. The molecule has 0 bridgehead atoms. The number of hydrogen-bond donors (Lipinski definition) is 1. The van der Waals surface area contributed by atoms with E-state index in [0.29, 0.717) is 12.4 Å². The Morgan fingerprint density at radius 1 is 1.19 bits per heavy atom. The van der Waals surface area contributed by atoms with Crippen molar-refractivity contribution in [3.05, 3.63) is 59.3 Å². The number of aliphatic hydroxyl groups excluding tert-OH is 1. The zero-order valence-electron chi connectivity index (χ0n) is 15.2. The fourth-order valence-electron chi connectivity index (χ4n) is 3.14. The lowest BCUT2D eigenvalue weighted by Crippen LogP contribution is -2.05. The molecule has 3 aromatic heterocycles. The van der Waals surface area contributed by atoms with E-state index in [1.807, 2.05) is 48.7 Å². The van der Waals surface area contributed by atoms with Crippen LogP contribution in [-0.4, -0.2) is 42.1 Å². The lowest BCUT2D eigenvalue weighted by atomic mass is 10.2. The normalized spacial score (nSPS) is 11.8. The third-order valence-electron chi connectivity index (χ3n) is 4.58. The number of oxime groups is 1. The molecule has 8 heteroatoms. The van der Waals surface area contributed by atoms with Crippen molar-refractivity contribution in [2.45, 2.75) is 27.0 Å². The SMILES string of the molecule is Cc1c(C)n(CCO)c2ncn3nc(CO/N=C\c4ccccc4)nc3c12. The Labute approximate surface area is 155 Å². The highest BCUT2D eigenvalue weighted by Gasteiger charge is 2.17. The first-order valence-electron chi connectivity index (χ1n) is 8.70. The van der Waals surface area contributed by atoms with E-state index in [9.17, 15) is 5.11 Å². The number of benzene rings is 1. The van der Waals surface area contributed by atoms with Crippen molar-refractivity contribution in [3.8, 4) is 0 Å². The van der Waals surface area contributed by atoms with Crippen molar-refractivity contribution < 1.29 is 9.94 Å². The van der Waals surface area contributed by atoms with Crippen molar-refractivity contribution in [1.29, 1.82) is 0 Å². The van der Waals surface area contributed by atoms with E-state index >= 15 is 0 Å². The molecule has 4 aromatic rings. The molecule has 0 unspecified atom stereocenters. The van der Waals surface area contributed by atoms with Crippen LogP contribution >= 0.6 is 0 Å². The lowest BCUT2D eigenvalue weighted by molar-refractivity contribution is 0.126. The minimum Gasteiger partial charge on any atom is -0.395 e. The molecule has 4 rings (SSSR count). The van der Waals surface area contributed by atoms with Gasteiger partial charge in [0.2, 0.25) is 0 Å². The largest absolute Gasteiger partial charge is 0.395 e. The van der Waals surface area contributed by atoms with Crippen LogP contribution in [0.5, 0.6) is 0 Å². The van der Waals surface area contributed by atoms with Gasteiger partial charge in [0.05, 0.1) is 18.2 Å². The predicted octanol–water partition coefficient (Wildman–Crippen LogP) is 2.24. The predicted molar refractivity (Wildman–Crippen MR) is 102 cm³/mol. The van der Waals surface area contributed by atoms with Gasteiger partial charge in [0, 0.05) is 12.2 Å². The molecule has 1 N–H and O–H groups in total. The van der Waals surface area contributed by atoms with Crippen molar-refractivity contribution in [2.24, 2.45) is 5.16 Å². The zero-order valence-corrected chi connectivity index (χ0v) is 15.2. The molecule has 0 aliphatic heterocycles. The minimum atomic E-state index is 0.0577. The van der Waals surface area contributed by atoms with Gasteiger partial charge in [-0.1, -0.05) is 35.5 Å². The highest BCUT2D eigenvalue weighted by atomic mass is 16.6. The van der Waals surface area contributed by atoms with E-state index in [1.54, 1.807) is 17.1 Å². The highest BCUT2D eigenvalue weighted by molar-refractivity contribution is 5.93. The summed E-state index contributed by atoms with van der Waals surface area (Å²) in [5.74, 6) is 0.529. The van der Waals surface area contributed by atoms with E-state index in [1.165, 1.54) is 0 Å². The second-order valence-corrected chi connectivity index (χ2v) is 6.24. The first kappa shape index (κ1) is 17.2. The molecule has 3 heterocycles. The van der Waals surface area contributed by atoms with Crippen LogP contribution in [-0.2, 0) is 18.0 Å². The Bertz CT molecular complexity index is 1110. The monoisotopic (exact) mass is 364 g/mol. The quantitative estimate of drug-likeness (QED) is 0.419. The third-order valence-corrected chi connectivity index (χ3v) is 4.58. The number of rotatable bonds is 6. The smallest absolute Gasteiger partial charge is 0.192 e. The molecule has 0 saturated heterocycles. The summed E-state index contributed by atoms with van der Waals surface area (Å²) in [6.45, 7) is 4.77. The summed E-state index contributed by atoms with van der Waals surface area (Å²) >= 11 is 0. The van der Waals surface area contributed by atoms with Crippen molar-refractivity contribution in [3.63, 3.8) is 0 Å². The molecule has 8 nitrogen and oxygen atoms in total. The summed E-state index contributed by atoms with van der Waals surface area (Å²) in [6, 6.07) is 9.72. The van der Waals surface area contributed by atoms with Crippen molar-refractivity contribution >= 4 is 22.9 Å². The molecular formula is C19H20N6O2. The molecule has 0 fully saturated rings. The van der Waals surface area contributed by atoms with E-state index in [4.69, 9.17) is 4.84 Å². The Balaban J connectivity index is 1.61. The molecule has 27 heavy (non-hydrogen) atoms. The first-order chi connectivity index (χ1) is 13.2. The molecule has 0 aliphatic carbocycles. The fraction of sp³-hybridized carbons (Fsp3) is 0.263. The van der Waals surface area contributed by atoms with E-state index in [0.717, 1.165) is 33.5 Å². The van der Waals surface area contributed by atoms with Crippen molar-refractivity contribution in [2.75, 3.05) is 6.61 Å². The molecular weight excluding hydrogens is 344 g/mol. The first-order valence-corrected chi connectivity index (χ1v) is 8.70. The molecule has 138 valence electrons. The summed E-state index contributed by atoms with van der Waals surface area (Å²) in [4.78, 5) is 14.4. The van der Waals surface area contributed by atoms with Gasteiger partial charge in [-0.25, -0.2) is 14.5 Å². The van der Waals surface area contributed by atoms with Gasteiger partial charge >= 0.3 is 0 Å². The molecule has 0 spiro atoms.